The molecule has 1 aliphatic heterocycles. The van der Waals surface area contributed by atoms with Gasteiger partial charge < -0.3 is 10.1 Å². The molecule has 0 atom stereocenters. The smallest absolute Gasteiger partial charge is 0.138 e. The van der Waals surface area contributed by atoms with Crippen LogP contribution in [0.3, 0.4) is 0 Å². The Kier molecular flexibility index (Phi) is 4.61. The number of pyridine rings is 2. The lowest BCUT2D eigenvalue weighted by molar-refractivity contribution is 0.270. The second-order valence-electron chi connectivity index (χ2n) is 7.05. The molecule has 3 aromatic heterocycles. The van der Waals surface area contributed by atoms with Crippen molar-refractivity contribution in [1.29, 1.82) is 5.26 Å². The van der Waals surface area contributed by atoms with Crippen LogP contribution < -0.4 is 10.1 Å². The lowest BCUT2D eigenvalue weighted by atomic mass is 10.0. The zero-order valence-corrected chi connectivity index (χ0v) is 15.4. The van der Waals surface area contributed by atoms with Crippen LogP contribution in [0, 0.1) is 17.2 Å². The molecular formula is C21H21N5O. The normalized spacial score (nSPS) is 13.8. The quantitative estimate of drug-likeness (QED) is 0.756. The van der Waals surface area contributed by atoms with Gasteiger partial charge in [-0.1, -0.05) is 26.0 Å². The second-order valence-corrected chi connectivity index (χ2v) is 7.05. The Morgan fingerprint density at radius 2 is 2.22 bits per heavy atom. The topological polar surface area (TPSA) is 75.2 Å². The molecule has 4 heterocycles. The standard InChI is InChI=1S/C21H21N5O/c1-14(2)13-27-18-7-19(21-17(8-22)11-25-26(21)12-18)15-3-4-20(24-10-15)16-5-6-23-9-16/h3-5,7,10-12,14,23H,6,9,13H2,1-2H3. The first-order chi connectivity index (χ1) is 13.2. The first-order valence-corrected chi connectivity index (χ1v) is 9.06. The Bertz CT molecular complexity index is 1040. The lowest BCUT2D eigenvalue weighted by Gasteiger charge is -2.12. The van der Waals surface area contributed by atoms with Crippen LogP contribution in [0.1, 0.15) is 25.1 Å². The average molecular weight is 359 g/mol. The van der Waals surface area contributed by atoms with E-state index in [2.05, 4.69) is 41.4 Å². The summed E-state index contributed by atoms with van der Waals surface area (Å²) in [7, 11) is 0. The van der Waals surface area contributed by atoms with Gasteiger partial charge in [0.2, 0.25) is 0 Å². The lowest BCUT2D eigenvalue weighted by Crippen LogP contribution is -2.08. The first kappa shape index (κ1) is 17.3. The van der Waals surface area contributed by atoms with Crippen LogP contribution in [-0.2, 0) is 0 Å². The molecule has 0 spiro atoms. The van der Waals surface area contributed by atoms with Crippen LogP contribution in [-0.4, -0.2) is 34.3 Å². The van der Waals surface area contributed by atoms with E-state index in [1.165, 1.54) is 5.57 Å². The summed E-state index contributed by atoms with van der Waals surface area (Å²) in [4.78, 5) is 4.63. The van der Waals surface area contributed by atoms with Gasteiger partial charge in [-0.3, -0.25) is 4.98 Å². The number of nitriles is 1. The monoisotopic (exact) mass is 359 g/mol. The van der Waals surface area contributed by atoms with E-state index in [4.69, 9.17) is 4.74 Å². The zero-order chi connectivity index (χ0) is 18.8. The molecule has 0 bridgehead atoms. The van der Waals surface area contributed by atoms with Gasteiger partial charge in [-0.25, -0.2) is 4.52 Å². The van der Waals surface area contributed by atoms with Crippen molar-refractivity contribution in [2.75, 3.05) is 19.7 Å². The molecule has 6 heteroatoms. The minimum Gasteiger partial charge on any atom is -0.492 e. The van der Waals surface area contributed by atoms with Gasteiger partial charge in [0.25, 0.3) is 0 Å². The summed E-state index contributed by atoms with van der Waals surface area (Å²) in [6.45, 7) is 6.56. The molecule has 136 valence electrons. The highest BCUT2D eigenvalue weighted by Crippen LogP contribution is 2.31. The SMILES string of the molecule is CC(C)COc1cc(-c2ccc(C3=CCNC3)nc2)c2c(C#N)cnn2c1. The fourth-order valence-corrected chi connectivity index (χ4v) is 3.15. The molecule has 0 saturated heterocycles. The molecular weight excluding hydrogens is 338 g/mol. The summed E-state index contributed by atoms with van der Waals surface area (Å²) in [6.07, 6.45) is 7.41. The summed E-state index contributed by atoms with van der Waals surface area (Å²) in [6, 6.07) is 8.25. The number of hydrogen-bond donors (Lipinski definition) is 1. The summed E-state index contributed by atoms with van der Waals surface area (Å²) >= 11 is 0. The highest BCUT2D eigenvalue weighted by Gasteiger charge is 2.15. The molecule has 4 rings (SSSR count). The van der Waals surface area contributed by atoms with E-state index >= 15 is 0 Å². The maximum Gasteiger partial charge on any atom is 0.138 e. The maximum absolute atomic E-state index is 9.46. The van der Waals surface area contributed by atoms with Crippen LogP contribution in [0.4, 0.5) is 0 Å². The van der Waals surface area contributed by atoms with E-state index in [-0.39, 0.29) is 0 Å². The number of nitrogens with zero attached hydrogens (tertiary/aromatic N) is 4. The van der Waals surface area contributed by atoms with Crippen LogP contribution in [0.2, 0.25) is 0 Å². The number of ether oxygens (including phenoxy) is 1. The molecule has 0 fully saturated rings. The van der Waals surface area contributed by atoms with Gasteiger partial charge in [0, 0.05) is 30.4 Å². The van der Waals surface area contributed by atoms with Crippen molar-refractivity contribution in [3.05, 3.63) is 54.1 Å². The Morgan fingerprint density at radius 1 is 1.33 bits per heavy atom. The number of aromatic nitrogens is 3. The highest BCUT2D eigenvalue weighted by molar-refractivity contribution is 5.85. The Labute approximate surface area is 158 Å². The number of hydrogen-bond acceptors (Lipinski definition) is 5. The third-order valence-corrected chi connectivity index (χ3v) is 4.50. The molecule has 0 aromatic carbocycles. The van der Waals surface area contributed by atoms with Crippen LogP contribution in [0.15, 0.2) is 42.9 Å². The van der Waals surface area contributed by atoms with E-state index in [1.54, 1.807) is 10.7 Å². The largest absolute Gasteiger partial charge is 0.492 e. The summed E-state index contributed by atoms with van der Waals surface area (Å²) < 4.78 is 7.61. The molecule has 1 aliphatic rings. The van der Waals surface area contributed by atoms with Crippen molar-refractivity contribution in [3.8, 4) is 22.9 Å². The number of rotatable bonds is 5. The van der Waals surface area contributed by atoms with Crippen molar-refractivity contribution < 1.29 is 4.74 Å². The van der Waals surface area contributed by atoms with Crippen LogP contribution in [0.25, 0.3) is 22.2 Å². The Morgan fingerprint density at radius 3 is 2.89 bits per heavy atom. The molecule has 27 heavy (non-hydrogen) atoms. The Hall–Kier alpha value is -3.17. The molecule has 0 aliphatic carbocycles. The van der Waals surface area contributed by atoms with Crippen molar-refractivity contribution in [1.82, 2.24) is 19.9 Å². The number of nitrogens with one attached hydrogen (secondary N) is 1. The zero-order valence-electron chi connectivity index (χ0n) is 15.4. The molecule has 0 unspecified atom stereocenters. The third-order valence-electron chi connectivity index (χ3n) is 4.50. The van der Waals surface area contributed by atoms with Gasteiger partial charge in [-0.05, 0) is 23.6 Å². The highest BCUT2D eigenvalue weighted by atomic mass is 16.5. The van der Waals surface area contributed by atoms with E-state index in [0.717, 1.165) is 41.2 Å². The summed E-state index contributed by atoms with van der Waals surface area (Å²) in [5.41, 5.74) is 5.31. The first-order valence-electron chi connectivity index (χ1n) is 9.06. The van der Waals surface area contributed by atoms with Gasteiger partial charge in [-0.2, -0.15) is 10.4 Å². The predicted molar refractivity (Wildman–Crippen MR) is 104 cm³/mol. The van der Waals surface area contributed by atoms with Crippen molar-refractivity contribution >= 4 is 11.1 Å². The maximum atomic E-state index is 9.46. The van der Waals surface area contributed by atoms with Gasteiger partial charge in [0.05, 0.1) is 35.8 Å². The third kappa shape index (κ3) is 3.42. The van der Waals surface area contributed by atoms with E-state index in [0.29, 0.717) is 18.1 Å². The fraction of sp³-hybridized carbons (Fsp3) is 0.286. The molecule has 1 N–H and O–H groups in total. The van der Waals surface area contributed by atoms with Crippen molar-refractivity contribution in [2.45, 2.75) is 13.8 Å². The summed E-state index contributed by atoms with van der Waals surface area (Å²) in [5, 5.41) is 17.1. The minimum absolute atomic E-state index is 0.422. The van der Waals surface area contributed by atoms with Gasteiger partial charge in [0.15, 0.2) is 0 Å². The fourth-order valence-electron chi connectivity index (χ4n) is 3.15. The second kappa shape index (κ2) is 7.22. The molecule has 0 amide bonds. The van der Waals surface area contributed by atoms with Crippen molar-refractivity contribution in [3.63, 3.8) is 0 Å². The van der Waals surface area contributed by atoms with Gasteiger partial charge in [-0.15, -0.1) is 0 Å². The van der Waals surface area contributed by atoms with Crippen LogP contribution >= 0.6 is 0 Å². The summed E-state index contributed by atoms with van der Waals surface area (Å²) in [5.74, 6) is 1.15. The van der Waals surface area contributed by atoms with E-state index < -0.39 is 0 Å². The molecule has 3 aromatic rings. The minimum atomic E-state index is 0.422. The van der Waals surface area contributed by atoms with E-state index in [1.807, 2.05) is 30.6 Å². The molecule has 0 saturated carbocycles. The Balaban J connectivity index is 1.78. The van der Waals surface area contributed by atoms with Gasteiger partial charge >= 0.3 is 0 Å². The van der Waals surface area contributed by atoms with Crippen LogP contribution in [0.5, 0.6) is 5.75 Å². The molecule has 0 radical (unpaired) electrons. The van der Waals surface area contributed by atoms with Crippen molar-refractivity contribution in [2.24, 2.45) is 5.92 Å². The van der Waals surface area contributed by atoms with E-state index in [9.17, 15) is 5.26 Å². The average Bonchev–Trinajstić information content (AvgIpc) is 3.35. The predicted octanol–water partition coefficient (Wildman–Crippen LogP) is 3.29. The van der Waals surface area contributed by atoms with Gasteiger partial charge in [0.1, 0.15) is 11.8 Å². The number of fused-ring (bicyclic) bond motifs is 1. The molecule has 6 nitrogen and oxygen atoms in total.